The molecule has 0 fully saturated rings. The molecule has 0 amide bonds. The summed E-state index contributed by atoms with van der Waals surface area (Å²) in [6.45, 7) is 6.02. The zero-order chi connectivity index (χ0) is 13.0. The molecule has 0 aromatic carbocycles. The summed E-state index contributed by atoms with van der Waals surface area (Å²) in [5.41, 5.74) is 12.3. The van der Waals surface area contributed by atoms with E-state index in [2.05, 4.69) is 9.98 Å². The van der Waals surface area contributed by atoms with Crippen molar-refractivity contribution in [2.45, 2.75) is 39.4 Å². The molecule has 1 aromatic rings. The molecular formula is C11H21N5O. The van der Waals surface area contributed by atoms with Gasteiger partial charge in [-0.15, -0.1) is 0 Å². The molecule has 17 heavy (non-hydrogen) atoms. The van der Waals surface area contributed by atoms with E-state index in [4.69, 9.17) is 16.2 Å². The van der Waals surface area contributed by atoms with E-state index in [0.717, 1.165) is 6.42 Å². The number of nitrogen functional groups attached to an aromatic ring is 1. The minimum Gasteiger partial charge on any atom is -0.480 e. The molecule has 0 saturated heterocycles. The SMILES string of the molecule is CCC(N)N=C(OC)c1ncn(C(C)C)c1N. The summed E-state index contributed by atoms with van der Waals surface area (Å²) in [6.07, 6.45) is 2.12. The molecule has 6 nitrogen and oxygen atoms in total. The van der Waals surface area contributed by atoms with Crippen LogP contribution < -0.4 is 11.5 Å². The highest BCUT2D eigenvalue weighted by molar-refractivity contribution is 5.96. The van der Waals surface area contributed by atoms with Gasteiger partial charge in [-0.3, -0.25) is 0 Å². The Morgan fingerprint density at radius 1 is 1.59 bits per heavy atom. The van der Waals surface area contributed by atoms with Gasteiger partial charge < -0.3 is 20.8 Å². The zero-order valence-corrected chi connectivity index (χ0v) is 10.8. The van der Waals surface area contributed by atoms with Crippen molar-refractivity contribution in [1.29, 1.82) is 0 Å². The zero-order valence-electron chi connectivity index (χ0n) is 10.8. The van der Waals surface area contributed by atoms with Gasteiger partial charge >= 0.3 is 0 Å². The van der Waals surface area contributed by atoms with E-state index in [1.807, 2.05) is 25.3 Å². The van der Waals surface area contributed by atoms with Crippen LogP contribution in [0.3, 0.4) is 0 Å². The number of anilines is 1. The van der Waals surface area contributed by atoms with Crippen molar-refractivity contribution in [1.82, 2.24) is 9.55 Å². The molecule has 0 bridgehead atoms. The molecule has 96 valence electrons. The predicted molar refractivity (Wildman–Crippen MR) is 68.8 cm³/mol. The number of methoxy groups -OCH3 is 1. The monoisotopic (exact) mass is 239 g/mol. The van der Waals surface area contributed by atoms with E-state index in [1.54, 1.807) is 6.33 Å². The van der Waals surface area contributed by atoms with Crippen molar-refractivity contribution in [3.8, 4) is 0 Å². The number of nitrogens with two attached hydrogens (primary N) is 2. The van der Waals surface area contributed by atoms with Crippen LogP contribution in [-0.4, -0.2) is 28.7 Å². The number of ether oxygens (including phenoxy) is 1. The fourth-order valence-corrected chi connectivity index (χ4v) is 1.40. The number of hydrogen-bond acceptors (Lipinski definition) is 5. The average molecular weight is 239 g/mol. The fraction of sp³-hybridized carbons (Fsp3) is 0.636. The Hall–Kier alpha value is -1.56. The third-order valence-corrected chi connectivity index (χ3v) is 2.49. The lowest BCUT2D eigenvalue weighted by molar-refractivity contribution is 0.397. The molecule has 0 aliphatic carbocycles. The van der Waals surface area contributed by atoms with E-state index in [0.29, 0.717) is 17.4 Å². The van der Waals surface area contributed by atoms with E-state index < -0.39 is 0 Å². The van der Waals surface area contributed by atoms with Gasteiger partial charge in [-0.25, -0.2) is 9.98 Å². The topological polar surface area (TPSA) is 91.5 Å². The predicted octanol–water partition coefficient (Wildman–Crippen LogP) is 1.13. The first-order valence-electron chi connectivity index (χ1n) is 5.71. The van der Waals surface area contributed by atoms with Crippen molar-refractivity contribution < 1.29 is 4.74 Å². The van der Waals surface area contributed by atoms with Gasteiger partial charge in [0, 0.05) is 6.04 Å². The second-order valence-electron chi connectivity index (χ2n) is 4.09. The van der Waals surface area contributed by atoms with E-state index >= 15 is 0 Å². The maximum atomic E-state index is 6.00. The first-order valence-corrected chi connectivity index (χ1v) is 5.71. The molecule has 4 N–H and O–H groups in total. The molecule has 1 atom stereocenters. The first-order chi connectivity index (χ1) is 8.01. The van der Waals surface area contributed by atoms with Crippen molar-refractivity contribution in [3.05, 3.63) is 12.0 Å². The van der Waals surface area contributed by atoms with Gasteiger partial charge in [-0.2, -0.15) is 0 Å². The fourth-order valence-electron chi connectivity index (χ4n) is 1.40. The molecule has 1 rings (SSSR count). The lowest BCUT2D eigenvalue weighted by Crippen LogP contribution is -2.20. The highest BCUT2D eigenvalue weighted by Gasteiger charge is 2.16. The molecule has 0 aliphatic rings. The third-order valence-electron chi connectivity index (χ3n) is 2.49. The smallest absolute Gasteiger partial charge is 0.240 e. The molecule has 1 heterocycles. The largest absolute Gasteiger partial charge is 0.480 e. The van der Waals surface area contributed by atoms with Crippen molar-refractivity contribution in [3.63, 3.8) is 0 Å². The van der Waals surface area contributed by atoms with Gasteiger partial charge in [0.15, 0.2) is 5.69 Å². The summed E-state index contributed by atoms with van der Waals surface area (Å²) in [7, 11) is 1.54. The molecule has 0 radical (unpaired) electrons. The summed E-state index contributed by atoms with van der Waals surface area (Å²) in [4.78, 5) is 8.46. The lowest BCUT2D eigenvalue weighted by atomic mass is 10.3. The highest BCUT2D eigenvalue weighted by atomic mass is 16.5. The van der Waals surface area contributed by atoms with Gasteiger partial charge in [0.05, 0.1) is 13.4 Å². The second kappa shape index (κ2) is 5.67. The van der Waals surface area contributed by atoms with Gasteiger partial charge in [0.1, 0.15) is 12.0 Å². The summed E-state index contributed by atoms with van der Waals surface area (Å²) < 4.78 is 7.06. The van der Waals surface area contributed by atoms with Crippen LogP contribution >= 0.6 is 0 Å². The molecule has 0 saturated carbocycles. The Bertz CT molecular complexity index is 397. The quantitative estimate of drug-likeness (QED) is 0.608. The minimum absolute atomic E-state index is 0.245. The highest BCUT2D eigenvalue weighted by Crippen LogP contribution is 2.17. The van der Waals surface area contributed by atoms with E-state index in [-0.39, 0.29) is 12.2 Å². The Balaban J connectivity index is 3.09. The maximum Gasteiger partial charge on any atom is 0.240 e. The van der Waals surface area contributed by atoms with E-state index in [9.17, 15) is 0 Å². The first kappa shape index (κ1) is 13.5. The Morgan fingerprint density at radius 2 is 2.24 bits per heavy atom. The van der Waals surface area contributed by atoms with Crippen molar-refractivity contribution in [2.75, 3.05) is 12.8 Å². The summed E-state index contributed by atoms with van der Waals surface area (Å²) in [6, 6.07) is 0.245. The van der Waals surface area contributed by atoms with Crippen LogP contribution in [0.4, 0.5) is 5.82 Å². The van der Waals surface area contributed by atoms with Crippen molar-refractivity contribution >= 4 is 11.7 Å². The average Bonchev–Trinajstić information content (AvgIpc) is 2.67. The molecule has 0 aliphatic heterocycles. The molecule has 0 spiro atoms. The van der Waals surface area contributed by atoms with Crippen LogP contribution in [0.5, 0.6) is 0 Å². The summed E-state index contributed by atoms with van der Waals surface area (Å²) in [5.74, 6) is 0.931. The standard InChI is InChI=1S/C11H21N5O/c1-5-8(12)15-11(17-4)9-10(13)16(6-14-9)7(2)3/h6-8H,5,12-13H2,1-4H3. The van der Waals surface area contributed by atoms with Gasteiger partial charge in [-0.1, -0.05) is 6.92 Å². The van der Waals surface area contributed by atoms with Crippen LogP contribution in [0.25, 0.3) is 0 Å². The third kappa shape index (κ3) is 2.97. The number of imidazole rings is 1. The van der Waals surface area contributed by atoms with Crippen LogP contribution in [0.15, 0.2) is 11.3 Å². The number of aromatic nitrogens is 2. The van der Waals surface area contributed by atoms with Crippen LogP contribution in [0, 0.1) is 0 Å². The maximum absolute atomic E-state index is 6.00. The van der Waals surface area contributed by atoms with Crippen LogP contribution in [0.2, 0.25) is 0 Å². The molecule has 1 aromatic heterocycles. The van der Waals surface area contributed by atoms with Gasteiger partial charge in [0.2, 0.25) is 5.90 Å². The summed E-state index contributed by atoms with van der Waals surface area (Å²) in [5, 5.41) is 0. The number of rotatable bonds is 4. The number of hydrogen-bond donors (Lipinski definition) is 2. The Labute approximate surface area is 102 Å². The Morgan fingerprint density at radius 3 is 2.65 bits per heavy atom. The van der Waals surface area contributed by atoms with Crippen molar-refractivity contribution in [2.24, 2.45) is 10.7 Å². The number of aliphatic imine (C=N–C) groups is 1. The van der Waals surface area contributed by atoms with Gasteiger partial charge in [0.25, 0.3) is 0 Å². The minimum atomic E-state index is -0.298. The molecule has 6 heteroatoms. The molecular weight excluding hydrogens is 218 g/mol. The number of nitrogens with zero attached hydrogens (tertiary/aromatic N) is 3. The summed E-state index contributed by atoms with van der Waals surface area (Å²) >= 11 is 0. The lowest BCUT2D eigenvalue weighted by Gasteiger charge is -2.10. The van der Waals surface area contributed by atoms with Crippen LogP contribution in [0.1, 0.15) is 38.9 Å². The second-order valence-corrected chi connectivity index (χ2v) is 4.09. The normalized spacial score (nSPS) is 14.1. The van der Waals surface area contributed by atoms with Crippen LogP contribution in [-0.2, 0) is 4.74 Å². The van der Waals surface area contributed by atoms with E-state index in [1.165, 1.54) is 7.11 Å². The molecule has 1 unspecified atom stereocenters. The Kier molecular flexibility index (Phi) is 4.51. The van der Waals surface area contributed by atoms with Gasteiger partial charge in [-0.05, 0) is 20.3 Å².